The number of imidazole rings is 1. The molecule has 148 valence electrons. The fraction of sp³-hybridized carbons (Fsp3) is 0.375. The predicted octanol–water partition coefficient (Wildman–Crippen LogP) is 2.16. The van der Waals surface area contributed by atoms with Crippen LogP contribution in [0.2, 0.25) is 0 Å². The van der Waals surface area contributed by atoms with Crippen LogP contribution in [0.3, 0.4) is 0 Å². The Morgan fingerprint density at radius 3 is 2.57 bits per heavy atom. The molecule has 1 aliphatic heterocycles. The quantitative estimate of drug-likeness (QED) is 0.682. The number of pyridine rings is 1. The summed E-state index contributed by atoms with van der Waals surface area (Å²) in [4.78, 5) is 21.8. The van der Waals surface area contributed by atoms with E-state index in [-0.39, 0.29) is 17.4 Å². The van der Waals surface area contributed by atoms with E-state index in [4.69, 9.17) is 11.5 Å². The van der Waals surface area contributed by atoms with E-state index >= 15 is 0 Å². The zero-order valence-corrected chi connectivity index (χ0v) is 15.3. The van der Waals surface area contributed by atoms with E-state index < -0.39 is 17.6 Å². The topological polar surface area (TPSA) is 115 Å². The van der Waals surface area contributed by atoms with E-state index in [0.717, 1.165) is 6.07 Å². The van der Waals surface area contributed by atoms with Gasteiger partial charge in [0.1, 0.15) is 5.82 Å². The molecule has 28 heavy (non-hydrogen) atoms. The lowest BCUT2D eigenvalue weighted by molar-refractivity contribution is -0.137. The number of piperidine rings is 1. The van der Waals surface area contributed by atoms with Gasteiger partial charge in [0, 0.05) is 30.8 Å². The van der Waals surface area contributed by atoms with Crippen LogP contribution in [0, 0.1) is 5.92 Å². The highest BCUT2D eigenvalue weighted by atomic mass is 32.1. The maximum absolute atomic E-state index is 13.1. The molecular weight excluding hydrogens is 395 g/mol. The summed E-state index contributed by atoms with van der Waals surface area (Å²) in [6, 6.07) is 0.948. The van der Waals surface area contributed by atoms with Gasteiger partial charge in [0.25, 0.3) is 0 Å². The van der Waals surface area contributed by atoms with E-state index in [2.05, 4.69) is 15.1 Å². The summed E-state index contributed by atoms with van der Waals surface area (Å²) in [6.07, 6.45) is -0.600. The first-order valence-corrected chi connectivity index (χ1v) is 9.27. The van der Waals surface area contributed by atoms with Crippen molar-refractivity contribution in [3.8, 4) is 11.3 Å². The summed E-state index contributed by atoms with van der Waals surface area (Å²) >= 11 is 1.32. The Morgan fingerprint density at radius 1 is 1.21 bits per heavy atom. The fourth-order valence-electron chi connectivity index (χ4n) is 3.20. The summed E-state index contributed by atoms with van der Waals surface area (Å²) in [5, 5.41) is 5.19. The average molecular weight is 411 g/mol. The van der Waals surface area contributed by atoms with Crippen molar-refractivity contribution in [2.45, 2.75) is 19.0 Å². The second-order valence-electron chi connectivity index (χ2n) is 6.54. The molecule has 4 rings (SSSR count). The number of anilines is 2. The van der Waals surface area contributed by atoms with Crippen LogP contribution in [-0.2, 0) is 11.0 Å². The highest BCUT2D eigenvalue weighted by Crippen LogP contribution is 2.36. The van der Waals surface area contributed by atoms with Gasteiger partial charge in [-0.2, -0.15) is 13.2 Å². The van der Waals surface area contributed by atoms with E-state index in [1.54, 1.807) is 0 Å². The molecule has 8 nitrogen and oxygen atoms in total. The van der Waals surface area contributed by atoms with Gasteiger partial charge in [0.15, 0.2) is 0 Å². The van der Waals surface area contributed by atoms with Gasteiger partial charge in [-0.15, -0.1) is 5.10 Å². The normalized spacial score (nSPS) is 16.0. The number of primary amides is 1. The first-order valence-electron chi connectivity index (χ1n) is 8.46. The first kappa shape index (κ1) is 18.5. The Labute approximate surface area is 161 Å². The van der Waals surface area contributed by atoms with Crippen molar-refractivity contribution in [1.29, 1.82) is 0 Å². The van der Waals surface area contributed by atoms with E-state index in [9.17, 15) is 18.0 Å². The SMILES string of the molecule is NC(=O)C1CCN(c2nn3c(-c4cnc(N)c(C(F)(F)F)c4)cnc3s2)CC1. The minimum atomic E-state index is -4.60. The monoisotopic (exact) mass is 411 g/mol. The predicted molar refractivity (Wildman–Crippen MR) is 97.6 cm³/mol. The summed E-state index contributed by atoms with van der Waals surface area (Å²) in [5.41, 5.74) is 10.3. The van der Waals surface area contributed by atoms with Crippen molar-refractivity contribution < 1.29 is 18.0 Å². The minimum Gasteiger partial charge on any atom is -0.383 e. The summed E-state index contributed by atoms with van der Waals surface area (Å²) in [5.74, 6) is -1.02. The maximum atomic E-state index is 13.1. The number of nitrogens with two attached hydrogens (primary N) is 2. The van der Waals surface area contributed by atoms with Crippen LogP contribution in [0.5, 0.6) is 0 Å². The Morgan fingerprint density at radius 2 is 1.93 bits per heavy atom. The molecule has 12 heteroatoms. The van der Waals surface area contributed by atoms with Crippen molar-refractivity contribution in [2.75, 3.05) is 23.7 Å². The molecule has 1 aliphatic rings. The van der Waals surface area contributed by atoms with Crippen molar-refractivity contribution in [3.63, 3.8) is 0 Å². The minimum absolute atomic E-state index is 0.141. The van der Waals surface area contributed by atoms with Gasteiger partial charge in [0.2, 0.25) is 16.0 Å². The standard InChI is InChI=1S/C16H16F3N7OS/c17-16(18,19)10-5-9(6-22-12(10)20)11-7-23-14-26(11)24-15(28-14)25-3-1-8(2-4-25)13(21)27/h5-8H,1-4H2,(H2,20,22)(H2,21,27). The number of nitrogen functional groups attached to an aromatic ring is 1. The third kappa shape index (κ3) is 3.23. The second-order valence-corrected chi connectivity index (χ2v) is 7.48. The van der Waals surface area contributed by atoms with Crippen LogP contribution in [0.15, 0.2) is 18.5 Å². The smallest absolute Gasteiger partial charge is 0.383 e. The molecule has 0 atom stereocenters. The molecule has 0 bridgehead atoms. The third-order valence-corrected chi connectivity index (χ3v) is 5.75. The van der Waals surface area contributed by atoms with Crippen molar-refractivity contribution in [3.05, 3.63) is 24.0 Å². The number of nitrogens with zero attached hydrogens (tertiary/aromatic N) is 5. The molecule has 0 unspecified atom stereocenters. The van der Waals surface area contributed by atoms with Crippen LogP contribution < -0.4 is 16.4 Å². The van der Waals surface area contributed by atoms with Gasteiger partial charge in [-0.05, 0) is 18.9 Å². The lowest BCUT2D eigenvalue weighted by Crippen LogP contribution is -2.38. The molecule has 4 N–H and O–H groups in total. The molecule has 1 saturated heterocycles. The van der Waals surface area contributed by atoms with Crippen molar-refractivity contribution >= 4 is 33.2 Å². The number of carbonyl (C=O) groups is 1. The largest absolute Gasteiger partial charge is 0.419 e. The summed E-state index contributed by atoms with van der Waals surface area (Å²) < 4.78 is 40.9. The number of rotatable bonds is 3. The molecule has 0 aliphatic carbocycles. The van der Waals surface area contributed by atoms with E-state index in [1.807, 2.05) is 4.90 Å². The Kier molecular flexibility index (Phi) is 4.37. The highest BCUT2D eigenvalue weighted by molar-refractivity contribution is 7.20. The summed E-state index contributed by atoms with van der Waals surface area (Å²) in [7, 11) is 0. The molecular formula is C16H16F3N7OS. The molecule has 0 saturated carbocycles. The summed E-state index contributed by atoms with van der Waals surface area (Å²) in [6.45, 7) is 1.25. The average Bonchev–Trinajstić information content (AvgIpc) is 3.22. The van der Waals surface area contributed by atoms with Gasteiger partial charge in [-0.1, -0.05) is 11.3 Å². The number of fused-ring (bicyclic) bond motifs is 1. The first-order chi connectivity index (χ1) is 13.2. The van der Waals surface area contributed by atoms with E-state index in [1.165, 1.54) is 28.2 Å². The molecule has 3 aromatic rings. The van der Waals surface area contributed by atoms with Crippen molar-refractivity contribution in [2.24, 2.45) is 11.7 Å². The third-order valence-electron chi connectivity index (χ3n) is 4.76. The number of hydrogen-bond acceptors (Lipinski definition) is 7. The van der Waals surface area contributed by atoms with Crippen LogP contribution in [-0.4, -0.2) is 38.6 Å². The molecule has 3 aromatic heterocycles. The van der Waals surface area contributed by atoms with Crippen LogP contribution in [0.1, 0.15) is 18.4 Å². The van der Waals surface area contributed by atoms with Crippen LogP contribution in [0.4, 0.5) is 24.1 Å². The Balaban J connectivity index is 1.65. The Hall–Kier alpha value is -2.89. The van der Waals surface area contributed by atoms with Gasteiger partial charge in [-0.25, -0.2) is 14.5 Å². The highest BCUT2D eigenvalue weighted by Gasteiger charge is 2.34. The molecule has 4 heterocycles. The second kappa shape index (κ2) is 6.62. The molecule has 0 aromatic carbocycles. The van der Waals surface area contributed by atoms with Gasteiger partial charge in [-0.3, -0.25) is 4.79 Å². The molecule has 0 radical (unpaired) electrons. The van der Waals surface area contributed by atoms with E-state index in [0.29, 0.717) is 41.7 Å². The number of amides is 1. The Bertz CT molecular complexity index is 1040. The molecule has 1 fully saturated rings. The maximum Gasteiger partial charge on any atom is 0.419 e. The number of alkyl halides is 3. The zero-order chi connectivity index (χ0) is 20.1. The number of hydrogen-bond donors (Lipinski definition) is 2. The van der Waals surface area contributed by atoms with Gasteiger partial charge < -0.3 is 16.4 Å². The van der Waals surface area contributed by atoms with Gasteiger partial charge in [0.05, 0.1) is 17.5 Å². The van der Waals surface area contributed by atoms with Crippen molar-refractivity contribution in [1.82, 2.24) is 19.6 Å². The lowest BCUT2D eigenvalue weighted by atomic mass is 9.97. The number of carbonyl (C=O) groups excluding carboxylic acids is 1. The van der Waals surface area contributed by atoms with Gasteiger partial charge >= 0.3 is 6.18 Å². The molecule has 1 amide bonds. The number of aromatic nitrogens is 4. The number of halogens is 3. The van der Waals surface area contributed by atoms with Crippen LogP contribution >= 0.6 is 11.3 Å². The fourth-order valence-corrected chi connectivity index (χ4v) is 4.13. The zero-order valence-electron chi connectivity index (χ0n) is 14.5. The molecule has 0 spiro atoms. The lowest BCUT2D eigenvalue weighted by Gasteiger charge is -2.29. The van der Waals surface area contributed by atoms with Crippen LogP contribution in [0.25, 0.3) is 16.2 Å².